The van der Waals surface area contributed by atoms with E-state index in [0.29, 0.717) is 29.3 Å². The van der Waals surface area contributed by atoms with Crippen molar-refractivity contribution >= 4 is 23.5 Å². The van der Waals surface area contributed by atoms with E-state index >= 15 is 0 Å². The smallest absolute Gasteiger partial charge is 0.250 e. The second-order valence-corrected chi connectivity index (χ2v) is 9.59. The van der Waals surface area contributed by atoms with E-state index in [0.717, 1.165) is 36.3 Å². The predicted octanol–water partition coefficient (Wildman–Crippen LogP) is 6.38. The molecule has 5 nitrogen and oxygen atoms in total. The Morgan fingerprint density at radius 2 is 1.85 bits per heavy atom. The molecule has 4 rings (SSSR count). The van der Waals surface area contributed by atoms with Gasteiger partial charge in [0, 0.05) is 16.6 Å². The van der Waals surface area contributed by atoms with Crippen molar-refractivity contribution in [2.45, 2.75) is 38.6 Å². The highest BCUT2D eigenvalue weighted by molar-refractivity contribution is 6.30. The summed E-state index contributed by atoms with van der Waals surface area (Å²) in [5, 5.41) is 4.65. The van der Waals surface area contributed by atoms with Crippen LogP contribution in [-0.2, 0) is 0 Å². The van der Waals surface area contributed by atoms with Crippen LogP contribution < -0.4 is 0 Å². The van der Waals surface area contributed by atoms with Gasteiger partial charge in [0.15, 0.2) is 0 Å². The molecule has 1 atom stereocenters. The summed E-state index contributed by atoms with van der Waals surface area (Å²) in [5.41, 5.74) is 2.91. The molecule has 3 aromatic rings. The molecule has 0 N–H and O–H groups in total. The Bertz CT molecular complexity index is 1110. The van der Waals surface area contributed by atoms with E-state index in [1.54, 1.807) is 6.07 Å². The van der Waals surface area contributed by atoms with Crippen LogP contribution in [0.4, 0.5) is 0 Å². The van der Waals surface area contributed by atoms with Gasteiger partial charge < -0.3 is 9.42 Å². The van der Waals surface area contributed by atoms with Crippen LogP contribution in [0.25, 0.3) is 6.08 Å². The molecule has 0 spiro atoms. The molecule has 1 saturated carbocycles. The average Bonchev–Trinajstić information content (AvgIpc) is 3.28. The largest absolute Gasteiger partial charge is 0.334 e. The van der Waals surface area contributed by atoms with Crippen LogP contribution in [0.2, 0.25) is 5.02 Å². The Balaban J connectivity index is 1.36. The SMILES string of the molecule is Cc1cccc(C(=O)c2noc(C=CC3CCC(C(c4ccc(Cl)cc4)N(C)C)CC3)n2)c1. The van der Waals surface area contributed by atoms with Crippen molar-refractivity contribution in [2.75, 3.05) is 14.1 Å². The van der Waals surface area contributed by atoms with Crippen molar-refractivity contribution in [2.24, 2.45) is 11.8 Å². The third kappa shape index (κ3) is 5.79. The number of hydrogen-bond donors (Lipinski definition) is 0. The number of ketones is 1. The summed E-state index contributed by atoms with van der Waals surface area (Å²) >= 11 is 6.09. The number of halogens is 1. The lowest BCUT2D eigenvalue weighted by Crippen LogP contribution is -2.30. The van der Waals surface area contributed by atoms with Gasteiger partial charge >= 0.3 is 0 Å². The molecule has 0 radical (unpaired) electrons. The summed E-state index contributed by atoms with van der Waals surface area (Å²) in [7, 11) is 4.30. The molecule has 0 amide bonds. The zero-order chi connectivity index (χ0) is 23.4. The minimum atomic E-state index is -0.223. The molecule has 0 bridgehead atoms. The van der Waals surface area contributed by atoms with Crippen LogP contribution in [-0.4, -0.2) is 34.9 Å². The Labute approximate surface area is 200 Å². The van der Waals surface area contributed by atoms with Crippen molar-refractivity contribution in [1.82, 2.24) is 15.0 Å². The fourth-order valence-electron chi connectivity index (χ4n) is 4.83. The third-order valence-electron chi connectivity index (χ3n) is 6.47. The highest BCUT2D eigenvalue weighted by atomic mass is 35.5. The Hall–Kier alpha value is -2.76. The molecule has 33 heavy (non-hydrogen) atoms. The number of allylic oxidation sites excluding steroid dienone is 1. The third-order valence-corrected chi connectivity index (χ3v) is 6.72. The standard InChI is InChI=1S/C27H30ClN3O2/c1-18-5-4-6-22(17-18)26(32)27-29-24(33-30-27)16-9-19-7-10-20(11-8-19)25(31(2)3)21-12-14-23(28)15-13-21/h4-6,9,12-17,19-20,25H,7-8,10-11H2,1-3H3. The van der Waals surface area contributed by atoms with E-state index < -0.39 is 0 Å². The van der Waals surface area contributed by atoms with Crippen LogP contribution in [0.1, 0.15) is 64.9 Å². The summed E-state index contributed by atoms with van der Waals surface area (Å²) < 4.78 is 5.30. The van der Waals surface area contributed by atoms with Crippen molar-refractivity contribution in [1.29, 1.82) is 0 Å². The Morgan fingerprint density at radius 3 is 2.52 bits per heavy atom. The lowest BCUT2D eigenvalue weighted by Gasteiger charge is -2.37. The predicted molar refractivity (Wildman–Crippen MR) is 131 cm³/mol. The van der Waals surface area contributed by atoms with E-state index in [1.807, 2.05) is 43.3 Å². The minimum Gasteiger partial charge on any atom is -0.334 e. The van der Waals surface area contributed by atoms with Crippen LogP contribution in [0.15, 0.2) is 59.1 Å². The maximum atomic E-state index is 12.6. The summed E-state index contributed by atoms with van der Waals surface area (Å²) in [5.74, 6) is 1.32. The van der Waals surface area contributed by atoms with Gasteiger partial charge in [-0.1, -0.05) is 58.7 Å². The Kier molecular flexibility index (Phi) is 7.41. The highest BCUT2D eigenvalue weighted by Gasteiger charge is 2.29. The van der Waals surface area contributed by atoms with E-state index in [9.17, 15) is 4.79 Å². The van der Waals surface area contributed by atoms with Crippen molar-refractivity contribution in [3.05, 3.63) is 88.0 Å². The van der Waals surface area contributed by atoms with E-state index in [4.69, 9.17) is 16.1 Å². The quantitative estimate of drug-likeness (QED) is 0.380. The van der Waals surface area contributed by atoms with Crippen LogP contribution >= 0.6 is 11.6 Å². The topological polar surface area (TPSA) is 59.2 Å². The van der Waals surface area contributed by atoms with Gasteiger partial charge in [0.05, 0.1) is 0 Å². The zero-order valence-electron chi connectivity index (χ0n) is 19.4. The van der Waals surface area contributed by atoms with Gasteiger partial charge in [0.1, 0.15) is 0 Å². The number of carbonyl (C=O) groups is 1. The number of rotatable bonds is 7. The van der Waals surface area contributed by atoms with Crippen LogP contribution in [0, 0.1) is 18.8 Å². The molecule has 2 aromatic carbocycles. The van der Waals surface area contributed by atoms with E-state index in [-0.39, 0.29) is 11.6 Å². The molecular weight excluding hydrogens is 434 g/mol. The molecule has 1 fully saturated rings. The van der Waals surface area contributed by atoms with Gasteiger partial charge in [-0.05, 0) is 88.4 Å². The Morgan fingerprint density at radius 1 is 1.12 bits per heavy atom. The maximum Gasteiger partial charge on any atom is 0.250 e. The minimum absolute atomic E-state index is 0.0979. The second kappa shape index (κ2) is 10.4. The summed E-state index contributed by atoms with van der Waals surface area (Å²) in [4.78, 5) is 19.2. The monoisotopic (exact) mass is 463 g/mol. The van der Waals surface area contributed by atoms with E-state index in [2.05, 4.69) is 47.3 Å². The highest BCUT2D eigenvalue weighted by Crippen LogP contribution is 2.40. The van der Waals surface area contributed by atoms with Crippen LogP contribution in [0.5, 0.6) is 0 Å². The van der Waals surface area contributed by atoms with Crippen molar-refractivity contribution in [3.63, 3.8) is 0 Å². The molecule has 0 aliphatic heterocycles. The molecule has 0 saturated heterocycles. The van der Waals surface area contributed by atoms with E-state index in [1.165, 1.54) is 5.56 Å². The van der Waals surface area contributed by atoms with Crippen molar-refractivity contribution < 1.29 is 9.32 Å². The van der Waals surface area contributed by atoms with Gasteiger partial charge in [-0.2, -0.15) is 4.98 Å². The van der Waals surface area contributed by atoms with Gasteiger partial charge in [0.25, 0.3) is 5.89 Å². The number of benzene rings is 2. The normalized spacial score (nSPS) is 19.8. The fraction of sp³-hybridized carbons (Fsp3) is 0.370. The molecule has 172 valence electrons. The fourth-order valence-corrected chi connectivity index (χ4v) is 4.96. The molecule has 1 heterocycles. The van der Waals surface area contributed by atoms with Gasteiger partial charge in [-0.3, -0.25) is 4.79 Å². The molecule has 1 aromatic heterocycles. The molecule has 6 heteroatoms. The molecular formula is C27H30ClN3O2. The number of aryl methyl sites for hydroxylation is 1. The first-order chi connectivity index (χ1) is 15.9. The number of nitrogens with zero attached hydrogens (tertiary/aromatic N) is 3. The summed E-state index contributed by atoms with van der Waals surface area (Å²) in [6.07, 6.45) is 8.54. The molecule has 1 aliphatic carbocycles. The van der Waals surface area contributed by atoms with Gasteiger partial charge in [-0.15, -0.1) is 0 Å². The lowest BCUT2D eigenvalue weighted by molar-refractivity contribution is 0.102. The summed E-state index contributed by atoms with van der Waals surface area (Å²) in [6.45, 7) is 1.95. The van der Waals surface area contributed by atoms with Gasteiger partial charge in [0.2, 0.25) is 11.6 Å². The zero-order valence-corrected chi connectivity index (χ0v) is 20.1. The summed E-state index contributed by atoms with van der Waals surface area (Å²) in [6, 6.07) is 16.0. The molecule has 1 unspecified atom stereocenters. The first-order valence-electron chi connectivity index (χ1n) is 11.5. The number of hydrogen-bond acceptors (Lipinski definition) is 5. The molecule has 1 aliphatic rings. The second-order valence-electron chi connectivity index (χ2n) is 9.15. The van der Waals surface area contributed by atoms with Crippen molar-refractivity contribution in [3.8, 4) is 0 Å². The number of aromatic nitrogens is 2. The lowest BCUT2D eigenvalue weighted by atomic mass is 9.76. The first-order valence-corrected chi connectivity index (χ1v) is 11.8. The van der Waals surface area contributed by atoms with Gasteiger partial charge in [-0.25, -0.2) is 0 Å². The maximum absolute atomic E-state index is 12.6. The number of carbonyl (C=O) groups excluding carboxylic acids is 1. The van der Waals surface area contributed by atoms with Crippen LogP contribution in [0.3, 0.4) is 0 Å². The first kappa shape index (κ1) is 23.4. The average molecular weight is 464 g/mol.